The highest BCUT2D eigenvalue weighted by atomic mass is 16.5. The fraction of sp³-hybridized carbons (Fsp3) is 0.333. The molecule has 2 aromatic rings. The number of rotatable bonds is 2. The maximum Gasteiger partial charge on any atom is 0.122 e. The zero-order valence-electron chi connectivity index (χ0n) is 11.5. The van der Waals surface area contributed by atoms with Crippen LogP contribution < -0.4 is 10.1 Å². The van der Waals surface area contributed by atoms with Crippen LogP contribution in [0.15, 0.2) is 48.5 Å². The second kappa shape index (κ2) is 4.86. The van der Waals surface area contributed by atoms with E-state index in [1.165, 1.54) is 29.7 Å². The first-order valence-electron chi connectivity index (χ1n) is 7.46. The summed E-state index contributed by atoms with van der Waals surface area (Å²) in [4.78, 5) is 0. The lowest BCUT2D eigenvalue weighted by atomic mass is 9.88. The van der Waals surface area contributed by atoms with Crippen molar-refractivity contribution in [3.8, 4) is 5.75 Å². The Morgan fingerprint density at radius 2 is 1.90 bits per heavy atom. The summed E-state index contributed by atoms with van der Waals surface area (Å²) >= 11 is 0. The molecule has 0 aromatic heterocycles. The van der Waals surface area contributed by atoms with Gasteiger partial charge < -0.3 is 10.1 Å². The van der Waals surface area contributed by atoms with Crippen molar-refractivity contribution in [3.63, 3.8) is 0 Å². The molecule has 102 valence electrons. The molecular formula is C18H19NO. The van der Waals surface area contributed by atoms with E-state index in [0.717, 1.165) is 18.8 Å². The van der Waals surface area contributed by atoms with E-state index in [9.17, 15) is 0 Å². The van der Waals surface area contributed by atoms with Crippen molar-refractivity contribution in [1.82, 2.24) is 0 Å². The van der Waals surface area contributed by atoms with Crippen LogP contribution in [-0.4, -0.2) is 12.6 Å². The van der Waals surface area contributed by atoms with Crippen LogP contribution >= 0.6 is 0 Å². The molecule has 4 rings (SSSR count). The first-order chi connectivity index (χ1) is 9.90. The average molecular weight is 265 g/mol. The Kier molecular flexibility index (Phi) is 2.87. The van der Waals surface area contributed by atoms with E-state index < -0.39 is 0 Å². The maximum atomic E-state index is 5.79. The van der Waals surface area contributed by atoms with Gasteiger partial charge in [-0.3, -0.25) is 0 Å². The Hall–Kier alpha value is -1.96. The van der Waals surface area contributed by atoms with Crippen LogP contribution in [0.25, 0.3) is 0 Å². The molecule has 0 saturated carbocycles. The van der Waals surface area contributed by atoms with E-state index in [-0.39, 0.29) is 0 Å². The molecule has 0 fully saturated rings. The molecule has 0 amide bonds. The molecule has 2 unspecified atom stereocenters. The number of aryl methyl sites for hydroxylation is 1. The lowest BCUT2D eigenvalue weighted by Crippen LogP contribution is -2.27. The maximum absolute atomic E-state index is 5.79. The smallest absolute Gasteiger partial charge is 0.122 e. The first-order valence-corrected chi connectivity index (χ1v) is 7.46. The van der Waals surface area contributed by atoms with Crippen molar-refractivity contribution in [2.45, 2.75) is 31.2 Å². The summed E-state index contributed by atoms with van der Waals surface area (Å²) in [6.07, 6.45) is 3.56. The van der Waals surface area contributed by atoms with Crippen molar-refractivity contribution in [1.29, 1.82) is 0 Å². The van der Waals surface area contributed by atoms with Crippen LogP contribution in [0.2, 0.25) is 0 Å². The third kappa shape index (κ3) is 2.05. The molecule has 0 radical (unpaired) electrons. The fourth-order valence-electron chi connectivity index (χ4n) is 3.45. The summed E-state index contributed by atoms with van der Waals surface area (Å²) in [6.45, 7) is 0.833. The van der Waals surface area contributed by atoms with Crippen LogP contribution in [0.4, 0.5) is 5.69 Å². The van der Waals surface area contributed by atoms with E-state index in [1.807, 2.05) is 0 Å². The van der Waals surface area contributed by atoms with Gasteiger partial charge in [-0.05, 0) is 37.0 Å². The third-order valence-electron chi connectivity index (χ3n) is 4.51. The Balaban J connectivity index is 1.49. The summed E-state index contributed by atoms with van der Waals surface area (Å²) in [7, 11) is 0. The number of ether oxygens (including phenoxy) is 1. The lowest BCUT2D eigenvalue weighted by molar-refractivity contribution is 0.318. The van der Waals surface area contributed by atoms with Gasteiger partial charge >= 0.3 is 0 Å². The normalized spacial score (nSPS) is 23.4. The minimum absolute atomic E-state index is 0.536. The number of para-hydroxylation sites is 2. The topological polar surface area (TPSA) is 21.3 Å². The average Bonchev–Trinajstić information content (AvgIpc) is 2.91. The molecule has 0 aliphatic carbocycles. The Morgan fingerprint density at radius 1 is 1.05 bits per heavy atom. The molecule has 2 aromatic carbocycles. The van der Waals surface area contributed by atoms with Gasteiger partial charge in [-0.15, -0.1) is 0 Å². The molecule has 2 heterocycles. The van der Waals surface area contributed by atoms with Crippen molar-refractivity contribution in [2.75, 3.05) is 11.9 Å². The predicted molar refractivity (Wildman–Crippen MR) is 81.5 cm³/mol. The summed E-state index contributed by atoms with van der Waals surface area (Å²) < 4.78 is 5.79. The predicted octanol–water partition coefficient (Wildman–Crippen LogP) is 3.98. The molecule has 0 bridgehead atoms. The summed E-state index contributed by atoms with van der Waals surface area (Å²) in [5, 5.41) is 3.70. The molecule has 2 heteroatoms. The molecule has 2 atom stereocenters. The number of benzene rings is 2. The van der Waals surface area contributed by atoms with Gasteiger partial charge in [0.25, 0.3) is 0 Å². The van der Waals surface area contributed by atoms with Crippen molar-refractivity contribution in [2.24, 2.45) is 0 Å². The molecule has 2 nitrogen and oxygen atoms in total. The van der Waals surface area contributed by atoms with Gasteiger partial charge in [-0.25, -0.2) is 0 Å². The van der Waals surface area contributed by atoms with Crippen molar-refractivity contribution in [3.05, 3.63) is 59.7 Å². The Bertz CT molecular complexity index is 622. The van der Waals surface area contributed by atoms with Crippen LogP contribution in [0.1, 0.15) is 29.9 Å². The van der Waals surface area contributed by atoms with Gasteiger partial charge in [0.2, 0.25) is 0 Å². The van der Waals surface area contributed by atoms with Crippen LogP contribution in [-0.2, 0) is 6.42 Å². The largest absolute Gasteiger partial charge is 0.493 e. The molecule has 1 N–H and O–H groups in total. The van der Waals surface area contributed by atoms with Gasteiger partial charge in [0, 0.05) is 23.2 Å². The quantitative estimate of drug-likeness (QED) is 0.886. The monoisotopic (exact) mass is 265 g/mol. The molecule has 0 saturated heterocycles. The lowest BCUT2D eigenvalue weighted by Gasteiger charge is -2.28. The van der Waals surface area contributed by atoms with Gasteiger partial charge in [0.1, 0.15) is 5.75 Å². The summed E-state index contributed by atoms with van der Waals surface area (Å²) in [5.74, 6) is 1.61. The molecule has 0 spiro atoms. The number of hydrogen-bond donors (Lipinski definition) is 1. The highest BCUT2D eigenvalue weighted by molar-refractivity contribution is 5.54. The first kappa shape index (κ1) is 11.8. The van der Waals surface area contributed by atoms with E-state index in [1.54, 1.807) is 0 Å². The van der Waals surface area contributed by atoms with E-state index >= 15 is 0 Å². The second-order valence-electron chi connectivity index (χ2n) is 5.82. The van der Waals surface area contributed by atoms with Gasteiger partial charge in [0.15, 0.2) is 0 Å². The van der Waals surface area contributed by atoms with E-state index in [2.05, 4.69) is 53.8 Å². The number of nitrogens with one attached hydrogen (secondary N) is 1. The van der Waals surface area contributed by atoms with Crippen LogP contribution in [0.5, 0.6) is 5.75 Å². The van der Waals surface area contributed by atoms with Crippen molar-refractivity contribution >= 4 is 5.69 Å². The van der Waals surface area contributed by atoms with Gasteiger partial charge in [0.05, 0.1) is 6.61 Å². The molecule has 20 heavy (non-hydrogen) atoms. The standard InChI is InChI=1S/C18H19NO/c1-3-7-17-13(5-1)9-10-15(19-17)11-14-12-20-18-8-4-2-6-16(14)18/h1-8,14-15,19H,9-12H2. The molecule has 2 aliphatic heterocycles. The summed E-state index contributed by atoms with van der Waals surface area (Å²) in [6, 6.07) is 17.7. The molecular weight excluding hydrogens is 246 g/mol. The van der Waals surface area contributed by atoms with Gasteiger partial charge in [-0.2, -0.15) is 0 Å². The number of anilines is 1. The van der Waals surface area contributed by atoms with Gasteiger partial charge in [-0.1, -0.05) is 36.4 Å². The van der Waals surface area contributed by atoms with E-state index in [4.69, 9.17) is 4.74 Å². The third-order valence-corrected chi connectivity index (χ3v) is 4.51. The Labute approximate surface area is 119 Å². The van der Waals surface area contributed by atoms with Crippen molar-refractivity contribution < 1.29 is 4.74 Å². The summed E-state index contributed by atoms with van der Waals surface area (Å²) in [5.41, 5.74) is 4.15. The fourth-order valence-corrected chi connectivity index (χ4v) is 3.45. The van der Waals surface area contributed by atoms with Crippen LogP contribution in [0.3, 0.4) is 0 Å². The molecule has 2 aliphatic rings. The minimum Gasteiger partial charge on any atom is -0.493 e. The highest BCUT2D eigenvalue weighted by Gasteiger charge is 2.28. The number of hydrogen-bond acceptors (Lipinski definition) is 2. The zero-order valence-corrected chi connectivity index (χ0v) is 11.5. The highest BCUT2D eigenvalue weighted by Crippen LogP contribution is 2.38. The number of fused-ring (bicyclic) bond motifs is 2. The Morgan fingerprint density at radius 3 is 2.90 bits per heavy atom. The van der Waals surface area contributed by atoms with E-state index in [0.29, 0.717) is 12.0 Å². The van der Waals surface area contributed by atoms with Crippen LogP contribution in [0, 0.1) is 0 Å². The SMILES string of the molecule is c1ccc2c(c1)CCC(CC1COc3ccccc31)N2. The zero-order chi connectivity index (χ0) is 13.4. The minimum atomic E-state index is 0.536. The second-order valence-corrected chi connectivity index (χ2v) is 5.82.